The second kappa shape index (κ2) is 6.79. The van der Waals surface area contributed by atoms with Crippen LogP contribution in [0.25, 0.3) is 0 Å². The predicted molar refractivity (Wildman–Crippen MR) is 79.5 cm³/mol. The molecule has 0 unspecified atom stereocenters. The molecule has 0 atom stereocenters. The van der Waals surface area contributed by atoms with Crippen molar-refractivity contribution in [3.05, 3.63) is 56.6 Å². The monoisotopic (exact) mass is 303 g/mol. The van der Waals surface area contributed by atoms with E-state index in [0.717, 1.165) is 4.68 Å². The van der Waals surface area contributed by atoms with Crippen molar-refractivity contribution in [1.29, 1.82) is 0 Å². The van der Waals surface area contributed by atoms with Crippen LogP contribution in [0.2, 0.25) is 0 Å². The Morgan fingerprint density at radius 2 is 2.09 bits per heavy atom. The van der Waals surface area contributed by atoms with Gasteiger partial charge in [-0.25, -0.2) is 9.67 Å². The zero-order valence-electron chi connectivity index (χ0n) is 12.4. The SMILES string of the molecule is Cc1ncn(CCNC(=O)Cn2ncccc2=O)c(=O)c1C. The van der Waals surface area contributed by atoms with E-state index in [1.807, 2.05) is 0 Å². The predicted octanol–water partition coefficient (Wildman–Crippen LogP) is -0.767. The molecule has 0 radical (unpaired) electrons. The van der Waals surface area contributed by atoms with Gasteiger partial charge in [0, 0.05) is 36.6 Å². The van der Waals surface area contributed by atoms with Crippen LogP contribution in [-0.4, -0.2) is 31.8 Å². The molecule has 0 aromatic carbocycles. The quantitative estimate of drug-likeness (QED) is 0.782. The standard InChI is InChI=1S/C14H17N5O3/c1-10-11(2)16-9-18(14(10)22)7-6-15-12(20)8-19-13(21)4-3-5-17-19/h3-5,9H,6-8H2,1-2H3,(H,15,20). The summed E-state index contributed by atoms with van der Waals surface area (Å²) in [6.07, 6.45) is 2.90. The Bertz CT molecular complexity index is 794. The fraction of sp³-hybridized carbons (Fsp3) is 0.357. The average molecular weight is 303 g/mol. The number of rotatable bonds is 5. The minimum Gasteiger partial charge on any atom is -0.353 e. The number of hydrogen-bond acceptors (Lipinski definition) is 5. The average Bonchev–Trinajstić information content (AvgIpc) is 2.50. The summed E-state index contributed by atoms with van der Waals surface area (Å²) in [5.41, 5.74) is 0.823. The van der Waals surface area contributed by atoms with Crippen molar-refractivity contribution in [3.8, 4) is 0 Å². The molecule has 0 spiro atoms. The molecular formula is C14H17N5O3. The first kappa shape index (κ1) is 15.6. The normalized spacial score (nSPS) is 10.5. The molecule has 1 amide bonds. The van der Waals surface area contributed by atoms with E-state index in [-0.39, 0.29) is 30.1 Å². The Balaban J connectivity index is 1.90. The third-order valence-electron chi connectivity index (χ3n) is 3.27. The maximum atomic E-state index is 12.0. The van der Waals surface area contributed by atoms with Gasteiger partial charge in [0.25, 0.3) is 11.1 Å². The van der Waals surface area contributed by atoms with E-state index in [1.165, 1.54) is 29.2 Å². The molecule has 116 valence electrons. The van der Waals surface area contributed by atoms with Crippen LogP contribution in [0.4, 0.5) is 0 Å². The molecule has 0 aliphatic carbocycles. The smallest absolute Gasteiger partial charge is 0.267 e. The van der Waals surface area contributed by atoms with Crippen LogP contribution in [0.3, 0.4) is 0 Å². The van der Waals surface area contributed by atoms with Gasteiger partial charge in [0.2, 0.25) is 5.91 Å². The second-order valence-electron chi connectivity index (χ2n) is 4.82. The van der Waals surface area contributed by atoms with Crippen molar-refractivity contribution < 1.29 is 4.79 Å². The van der Waals surface area contributed by atoms with Crippen LogP contribution < -0.4 is 16.4 Å². The van der Waals surface area contributed by atoms with Gasteiger partial charge in [0.1, 0.15) is 6.54 Å². The van der Waals surface area contributed by atoms with Gasteiger partial charge < -0.3 is 5.32 Å². The number of hydrogen-bond donors (Lipinski definition) is 1. The summed E-state index contributed by atoms with van der Waals surface area (Å²) in [4.78, 5) is 39.2. The van der Waals surface area contributed by atoms with Crippen molar-refractivity contribution in [2.75, 3.05) is 6.54 Å². The molecule has 22 heavy (non-hydrogen) atoms. The highest BCUT2D eigenvalue weighted by molar-refractivity contribution is 5.75. The van der Waals surface area contributed by atoms with Gasteiger partial charge in [-0.15, -0.1) is 0 Å². The summed E-state index contributed by atoms with van der Waals surface area (Å²) in [7, 11) is 0. The van der Waals surface area contributed by atoms with Gasteiger partial charge in [-0.3, -0.25) is 19.0 Å². The minimum atomic E-state index is -0.342. The lowest BCUT2D eigenvalue weighted by molar-refractivity contribution is -0.121. The molecule has 0 saturated carbocycles. The summed E-state index contributed by atoms with van der Waals surface area (Å²) in [5.74, 6) is -0.342. The van der Waals surface area contributed by atoms with E-state index in [9.17, 15) is 14.4 Å². The maximum absolute atomic E-state index is 12.0. The summed E-state index contributed by atoms with van der Waals surface area (Å²) < 4.78 is 2.51. The fourth-order valence-corrected chi connectivity index (χ4v) is 1.85. The van der Waals surface area contributed by atoms with Crippen LogP contribution in [-0.2, 0) is 17.9 Å². The molecule has 2 rings (SSSR count). The van der Waals surface area contributed by atoms with Crippen molar-refractivity contribution >= 4 is 5.91 Å². The lowest BCUT2D eigenvalue weighted by Crippen LogP contribution is -2.36. The van der Waals surface area contributed by atoms with Crippen molar-refractivity contribution in [3.63, 3.8) is 0 Å². The topological polar surface area (TPSA) is 98.9 Å². The largest absolute Gasteiger partial charge is 0.353 e. The first-order chi connectivity index (χ1) is 10.5. The summed E-state index contributed by atoms with van der Waals surface area (Å²) >= 11 is 0. The van der Waals surface area contributed by atoms with E-state index >= 15 is 0 Å². The van der Waals surface area contributed by atoms with E-state index in [1.54, 1.807) is 13.8 Å². The van der Waals surface area contributed by atoms with Gasteiger partial charge in [-0.05, 0) is 19.9 Å². The summed E-state index contributed by atoms with van der Waals surface area (Å²) in [6.45, 7) is 3.92. The van der Waals surface area contributed by atoms with Crippen LogP contribution in [0.5, 0.6) is 0 Å². The molecule has 0 saturated heterocycles. The molecule has 8 nitrogen and oxygen atoms in total. The Morgan fingerprint density at radius 3 is 2.82 bits per heavy atom. The van der Waals surface area contributed by atoms with E-state index in [4.69, 9.17) is 0 Å². The van der Waals surface area contributed by atoms with E-state index in [0.29, 0.717) is 17.8 Å². The van der Waals surface area contributed by atoms with Crippen LogP contribution >= 0.6 is 0 Å². The number of carbonyl (C=O) groups is 1. The molecule has 0 aliphatic heterocycles. The molecule has 1 N–H and O–H groups in total. The van der Waals surface area contributed by atoms with Crippen LogP contribution in [0, 0.1) is 13.8 Å². The third kappa shape index (κ3) is 3.66. The van der Waals surface area contributed by atoms with Crippen molar-refractivity contribution in [1.82, 2.24) is 24.6 Å². The Kier molecular flexibility index (Phi) is 4.82. The van der Waals surface area contributed by atoms with Gasteiger partial charge in [-0.2, -0.15) is 5.10 Å². The number of carbonyl (C=O) groups excluding carboxylic acids is 1. The fourth-order valence-electron chi connectivity index (χ4n) is 1.85. The molecule has 0 aliphatic rings. The summed E-state index contributed by atoms with van der Waals surface area (Å²) in [5, 5.41) is 6.44. The number of amides is 1. The summed E-state index contributed by atoms with van der Waals surface area (Å²) in [6, 6.07) is 2.84. The molecule has 2 aromatic heterocycles. The lowest BCUT2D eigenvalue weighted by atomic mass is 10.3. The van der Waals surface area contributed by atoms with Crippen LogP contribution in [0.15, 0.2) is 34.2 Å². The van der Waals surface area contributed by atoms with Crippen LogP contribution in [0.1, 0.15) is 11.3 Å². The lowest BCUT2D eigenvalue weighted by Gasteiger charge is -2.09. The Hall–Kier alpha value is -2.77. The Labute approximate surface area is 126 Å². The second-order valence-corrected chi connectivity index (χ2v) is 4.82. The first-order valence-electron chi connectivity index (χ1n) is 6.80. The highest BCUT2D eigenvalue weighted by atomic mass is 16.2. The van der Waals surface area contributed by atoms with Gasteiger partial charge in [0.15, 0.2) is 0 Å². The molecular weight excluding hydrogens is 286 g/mol. The zero-order valence-corrected chi connectivity index (χ0v) is 12.4. The van der Waals surface area contributed by atoms with Crippen molar-refractivity contribution in [2.24, 2.45) is 0 Å². The number of nitrogens with zero attached hydrogens (tertiary/aromatic N) is 4. The molecule has 0 fully saturated rings. The molecule has 8 heteroatoms. The van der Waals surface area contributed by atoms with E-state index in [2.05, 4.69) is 15.4 Å². The first-order valence-corrected chi connectivity index (χ1v) is 6.80. The van der Waals surface area contributed by atoms with Gasteiger partial charge >= 0.3 is 0 Å². The number of aryl methyl sites for hydroxylation is 1. The Morgan fingerprint density at radius 1 is 1.32 bits per heavy atom. The van der Waals surface area contributed by atoms with Crippen molar-refractivity contribution in [2.45, 2.75) is 26.9 Å². The molecule has 0 bridgehead atoms. The number of aromatic nitrogens is 4. The number of nitrogens with one attached hydrogen (secondary N) is 1. The molecule has 2 heterocycles. The molecule has 2 aromatic rings. The maximum Gasteiger partial charge on any atom is 0.267 e. The third-order valence-corrected chi connectivity index (χ3v) is 3.27. The zero-order chi connectivity index (χ0) is 16.1. The highest BCUT2D eigenvalue weighted by Crippen LogP contribution is 1.94. The van der Waals surface area contributed by atoms with Gasteiger partial charge in [-0.1, -0.05) is 0 Å². The minimum absolute atomic E-state index is 0.123. The highest BCUT2D eigenvalue weighted by Gasteiger charge is 2.06. The van der Waals surface area contributed by atoms with Gasteiger partial charge in [0.05, 0.1) is 6.33 Å². The van der Waals surface area contributed by atoms with E-state index < -0.39 is 0 Å².